The van der Waals surface area contributed by atoms with Gasteiger partial charge in [-0.2, -0.15) is 0 Å². The topological polar surface area (TPSA) is 63.7 Å². The summed E-state index contributed by atoms with van der Waals surface area (Å²) in [5, 5.41) is 0.446. The fourth-order valence-electron chi connectivity index (χ4n) is 1.54. The van der Waals surface area contributed by atoms with Crippen LogP contribution < -0.4 is 0 Å². The molecule has 0 spiro atoms. The van der Waals surface area contributed by atoms with Crippen molar-refractivity contribution in [3.05, 3.63) is 29.0 Å². The number of hydroxylamine groups is 2. The molecule has 0 atom stereocenters. The van der Waals surface area contributed by atoms with E-state index in [1.54, 1.807) is 0 Å². The fraction of sp³-hybridized carbons (Fsp3) is 0.100. The first kappa shape index (κ1) is 15.1. The maximum atomic E-state index is 12.1. The quantitative estimate of drug-likeness (QED) is 0.321. The lowest BCUT2D eigenvalue weighted by molar-refractivity contribution is -0.165. The first-order valence-electron chi connectivity index (χ1n) is 4.70. The van der Waals surface area contributed by atoms with E-state index in [1.165, 1.54) is 0 Å². The monoisotopic (exact) mass is 517 g/mol. The van der Waals surface area contributed by atoms with Crippen molar-refractivity contribution in [3.63, 3.8) is 0 Å². The third kappa shape index (κ3) is 2.30. The largest absolute Gasteiger partial charge is 0.330 e. The van der Waals surface area contributed by atoms with Crippen molar-refractivity contribution in [2.24, 2.45) is 0 Å². The van der Waals surface area contributed by atoms with E-state index < -0.39 is 17.8 Å². The van der Waals surface area contributed by atoms with E-state index in [1.807, 2.05) is 0 Å². The van der Waals surface area contributed by atoms with Crippen LogP contribution in [0.15, 0.2) is 17.9 Å². The van der Waals surface area contributed by atoms with Gasteiger partial charge >= 0.3 is 5.97 Å². The standard InChI is InChI=1S/C10H3Br4NO4/c1-2(16)19-15-9(17)3-4(10(15)18)6(12)8(14)7(13)5(3)11/h1H3. The fourth-order valence-corrected chi connectivity index (χ4v) is 4.00. The molecule has 0 aliphatic carbocycles. The normalized spacial score (nSPS) is 13.8. The molecule has 0 unspecified atom stereocenters. The van der Waals surface area contributed by atoms with Gasteiger partial charge in [0, 0.05) is 24.8 Å². The summed E-state index contributed by atoms with van der Waals surface area (Å²) in [7, 11) is 0. The number of hydrogen-bond donors (Lipinski definition) is 0. The van der Waals surface area contributed by atoms with Crippen molar-refractivity contribution in [2.45, 2.75) is 6.92 Å². The molecular weight excluding hydrogens is 518 g/mol. The molecule has 100 valence electrons. The second-order valence-electron chi connectivity index (χ2n) is 3.49. The van der Waals surface area contributed by atoms with Gasteiger partial charge in [-0.05, 0) is 63.7 Å². The molecule has 1 heterocycles. The molecule has 1 aliphatic rings. The van der Waals surface area contributed by atoms with Gasteiger partial charge in [0.15, 0.2) is 0 Å². The Labute approximate surface area is 141 Å². The zero-order valence-electron chi connectivity index (χ0n) is 9.09. The van der Waals surface area contributed by atoms with Crippen LogP contribution in [0.3, 0.4) is 0 Å². The molecule has 9 heteroatoms. The minimum Gasteiger partial charge on any atom is -0.330 e. The molecule has 1 aromatic rings. The Hall–Kier alpha value is -0.250. The van der Waals surface area contributed by atoms with E-state index in [-0.39, 0.29) is 11.1 Å². The number of amides is 2. The van der Waals surface area contributed by atoms with Crippen molar-refractivity contribution in [1.29, 1.82) is 0 Å². The Balaban J connectivity index is 2.69. The van der Waals surface area contributed by atoms with E-state index in [4.69, 9.17) is 0 Å². The predicted octanol–water partition coefficient (Wildman–Crippen LogP) is 3.81. The maximum Gasteiger partial charge on any atom is 0.330 e. The van der Waals surface area contributed by atoms with Crippen LogP contribution in [0.4, 0.5) is 0 Å². The van der Waals surface area contributed by atoms with E-state index in [9.17, 15) is 14.4 Å². The number of imide groups is 1. The van der Waals surface area contributed by atoms with Crippen LogP contribution >= 0.6 is 63.7 Å². The molecule has 19 heavy (non-hydrogen) atoms. The summed E-state index contributed by atoms with van der Waals surface area (Å²) in [5.41, 5.74) is 0.265. The van der Waals surface area contributed by atoms with Gasteiger partial charge in [-0.3, -0.25) is 9.59 Å². The summed E-state index contributed by atoms with van der Waals surface area (Å²) in [6.07, 6.45) is 0. The molecule has 2 rings (SSSR count). The minimum atomic E-state index is -0.750. The summed E-state index contributed by atoms with van der Waals surface area (Å²) >= 11 is 13.1. The second-order valence-corrected chi connectivity index (χ2v) is 6.67. The van der Waals surface area contributed by atoms with E-state index in [0.717, 1.165) is 6.92 Å². The van der Waals surface area contributed by atoms with Crippen molar-refractivity contribution < 1.29 is 19.2 Å². The van der Waals surface area contributed by atoms with Crippen LogP contribution in [-0.4, -0.2) is 22.8 Å². The van der Waals surface area contributed by atoms with Gasteiger partial charge in [-0.15, -0.1) is 0 Å². The molecule has 0 radical (unpaired) electrons. The summed E-state index contributed by atoms with van der Waals surface area (Å²) < 4.78 is 1.96. The Morgan fingerprint density at radius 1 is 0.895 bits per heavy atom. The Bertz CT molecular complexity index is 596. The number of rotatable bonds is 1. The molecule has 0 bridgehead atoms. The molecular formula is C10H3Br4NO4. The van der Waals surface area contributed by atoms with Gasteiger partial charge in [0.05, 0.1) is 11.1 Å². The smallest absolute Gasteiger partial charge is 0.330 e. The highest BCUT2D eigenvalue weighted by atomic mass is 79.9. The zero-order valence-corrected chi connectivity index (χ0v) is 15.4. The highest BCUT2D eigenvalue weighted by Gasteiger charge is 2.43. The van der Waals surface area contributed by atoms with Crippen molar-refractivity contribution in [1.82, 2.24) is 5.06 Å². The zero-order chi connectivity index (χ0) is 14.5. The van der Waals surface area contributed by atoms with Crippen LogP contribution in [0.25, 0.3) is 0 Å². The average Bonchev–Trinajstić information content (AvgIpc) is 2.58. The molecule has 2 amide bonds. The number of hydrogen-bond acceptors (Lipinski definition) is 4. The molecule has 5 nitrogen and oxygen atoms in total. The van der Waals surface area contributed by atoms with E-state index in [2.05, 4.69) is 68.6 Å². The molecule has 0 saturated heterocycles. The summed E-state index contributed by atoms with van der Waals surface area (Å²) in [4.78, 5) is 39.8. The number of benzene rings is 1. The van der Waals surface area contributed by atoms with Crippen molar-refractivity contribution in [3.8, 4) is 0 Å². The molecule has 0 saturated carbocycles. The van der Waals surface area contributed by atoms with Gasteiger partial charge < -0.3 is 4.84 Å². The van der Waals surface area contributed by atoms with Crippen LogP contribution in [0, 0.1) is 0 Å². The summed E-state index contributed by atoms with van der Waals surface area (Å²) in [6, 6.07) is 0. The van der Waals surface area contributed by atoms with Crippen molar-refractivity contribution in [2.75, 3.05) is 0 Å². The number of carbonyl (C=O) groups excluding carboxylic acids is 3. The van der Waals surface area contributed by atoms with Crippen molar-refractivity contribution >= 4 is 81.5 Å². The van der Waals surface area contributed by atoms with Crippen LogP contribution in [0.1, 0.15) is 27.6 Å². The summed E-state index contributed by atoms with van der Waals surface area (Å²) in [5.74, 6) is -2.15. The van der Waals surface area contributed by atoms with Gasteiger partial charge in [-0.1, -0.05) is 5.06 Å². The molecule has 0 fully saturated rings. The van der Waals surface area contributed by atoms with Crippen LogP contribution in [0.2, 0.25) is 0 Å². The summed E-state index contributed by atoms with van der Waals surface area (Å²) in [6.45, 7) is 1.11. The lowest BCUT2D eigenvalue weighted by Crippen LogP contribution is -2.31. The van der Waals surface area contributed by atoms with Gasteiger partial charge in [0.1, 0.15) is 0 Å². The lowest BCUT2D eigenvalue weighted by atomic mass is 10.1. The first-order chi connectivity index (χ1) is 8.77. The predicted molar refractivity (Wildman–Crippen MR) is 79.5 cm³/mol. The Morgan fingerprint density at radius 3 is 1.58 bits per heavy atom. The molecule has 0 N–H and O–H groups in total. The number of fused-ring (bicyclic) bond motifs is 1. The van der Waals surface area contributed by atoms with Gasteiger partial charge in [-0.25, -0.2) is 4.79 Å². The highest BCUT2D eigenvalue weighted by Crippen LogP contribution is 2.45. The Morgan fingerprint density at radius 2 is 1.26 bits per heavy atom. The molecule has 0 aromatic heterocycles. The van der Waals surface area contributed by atoms with E-state index in [0.29, 0.717) is 23.0 Å². The minimum absolute atomic E-state index is 0.133. The first-order valence-corrected chi connectivity index (χ1v) is 7.87. The average molecular weight is 521 g/mol. The van der Waals surface area contributed by atoms with E-state index >= 15 is 0 Å². The number of halogens is 4. The van der Waals surface area contributed by atoms with Gasteiger partial charge in [0.25, 0.3) is 11.8 Å². The second kappa shape index (κ2) is 5.27. The number of carbonyl (C=O) groups is 3. The van der Waals surface area contributed by atoms with Crippen LogP contribution in [-0.2, 0) is 9.63 Å². The number of nitrogens with zero attached hydrogens (tertiary/aromatic N) is 1. The van der Waals surface area contributed by atoms with Gasteiger partial charge in [0.2, 0.25) is 0 Å². The Kier molecular flexibility index (Phi) is 4.20. The molecule has 1 aromatic carbocycles. The maximum absolute atomic E-state index is 12.1. The highest BCUT2D eigenvalue weighted by molar-refractivity contribution is 9.15. The third-order valence-corrected chi connectivity index (χ3v) is 7.05. The molecule has 1 aliphatic heterocycles. The SMILES string of the molecule is CC(=O)ON1C(=O)c2c(Br)c(Br)c(Br)c(Br)c2C1=O. The van der Waals surface area contributed by atoms with Crippen LogP contribution in [0.5, 0.6) is 0 Å². The third-order valence-electron chi connectivity index (χ3n) is 2.28. The lowest BCUT2D eigenvalue weighted by Gasteiger charge is -2.10.